The number of fused-ring (bicyclic) bond motifs is 7. The zero-order chi connectivity index (χ0) is 39.0. The van der Waals surface area contributed by atoms with Crippen LogP contribution in [-0.4, -0.2) is 81.1 Å². The number of hydrogen-bond acceptors (Lipinski definition) is 11. The number of nitrogen functional groups attached to an aromatic ring is 1. The number of rotatable bonds is 10. The van der Waals surface area contributed by atoms with Crippen LogP contribution in [0.4, 0.5) is 14.5 Å². The van der Waals surface area contributed by atoms with Crippen LogP contribution < -0.4 is 11.5 Å². The van der Waals surface area contributed by atoms with Gasteiger partial charge in [0, 0.05) is 33.6 Å². The van der Waals surface area contributed by atoms with Gasteiger partial charge in [0.25, 0.3) is 0 Å². The summed E-state index contributed by atoms with van der Waals surface area (Å²) in [5, 5.41) is 30.4. The Bertz CT molecular complexity index is 1950. The summed E-state index contributed by atoms with van der Waals surface area (Å²) in [4.78, 5) is 50.6. The molecular weight excluding hydrogens is 706 g/mol. The molecule has 0 radical (unpaired) electrons. The predicted molar refractivity (Wildman–Crippen MR) is 188 cm³/mol. The highest BCUT2D eigenvalue weighted by atomic mass is 19.1. The number of esters is 1. The summed E-state index contributed by atoms with van der Waals surface area (Å²) >= 11 is 0. The Morgan fingerprint density at radius 3 is 2.44 bits per heavy atom. The lowest BCUT2D eigenvalue weighted by Gasteiger charge is -2.63. The topological polar surface area (TPSA) is 209 Å². The number of ketones is 2. The standard InChI is InChI=1S/C40H44F2N2O10/c1-37-10-9-24(46)13-27(37)28(41)14-26-25-15-33-40(38(25,2)17-31(47)39(26,37)42,32(48)19-52-35(51)30(44)16-34(49)50)54-36(53-33)22-6-3-20(4-7-22)11-21-5-8-23(18-45)29(43)12-21/h3-10,12-13,25-26,28,30-31,33,36,45,47H,11,14-19,43-44H2,1-2H3,(H,49,50)/t25-,26-,28-,30-,31-,33+,36+,37-,38-,39-,40+/m0/s1. The van der Waals surface area contributed by atoms with Crippen LogP contribution in [0.25, 0.3) is 0 Å². The van der Waals surface area contributed by atoms with Crippen LogP contribution in [0.2, 0.25) is 0 Å². The van der Waals surface area contributed by atoms with Gasteiger partial charge in [0.15, 0.2) is 29.9 Å². The summed E-state index contributed by atoms with van der Waals surface area (Å²) in [6, 6.07) is 11.2. The number of ether oxygens (including phenoxy) is 3. The van der Waals surface area contributed by atoms with E-state index >= 15 is 8.78 Å². The number of carboxylic acid groups (broad SMARTS) is 1. The molecule has 4 fully saturated rings. The third-order valence-corrected chi connectivity index (χ3v) is 12.9. The Balaban J connectivity index is 1.21. The lowest BCUT2D eigenvalue weighted by molar-refractivity contribution is -0.235. The van der Waals surface area contributed by atoms with Crippen molar-refractivity contribution >= 4 is 29.2 Å². The second-order valence-electron chi connectivity index (χ2n) is 15.8. The number of hydrogen-bond donors (Lipinski definition) is 5. The molecule has 1 aliphatic heterocycles. The number of carboxylic acids is 1. The molecule has 1 saturated heterocycles. The van der Waals surface area contributed by atoms with Gasteiger partial charge in [-0.3, -0.25) is 19.2 Å². The molecule has 0 unspecified atom stereocenters. The summed E-state index contributed by atoms with van der Waals surface area (Å²) in [6.45, 7) is 2.12. The van der Waals surface area contributed by atoms with Crippen molar-refractivity contribution < 1.29 is 57.5 Å². The summed E-state index contributed by atoms with van der Waals surface area (Å²) in [6.07, 6.45) is -2.79. The van der Waals surface area contributed by atoms with Crippen LogP contribution in [0.1, 0.15) is 68.1 Å². The van der Waals surface area contributed by atoms with Crippen molar-refractivity contribution in [3.8, 4) is 0 Å². The maximum Gasteiger partial charge on any atom is 0.323 e. The quantitative estimate of drug-likeness (QED) is 0.175. The Labute approximate surface area is 310 Å². The fourth-order valence-corrected chi connectivity index (χ4v) is 10.1. The van der Waals surface area contributed by atoms with Gasteiger partial charge in [-0.15, -0.1) is 0 Å². The van der Waals surface area contributed by atoms with Crippen molar-refractivity contribution in [2.75, 3.05) is 12.3 Å². The van der Waals surface area contributed by atoms with Gasteiger partial charge in [0.2, 0.25) is 5.78 Å². The number of carbonyl (C=O) groups is 4. The number of carbonyl (C=O) groups excluding carboxylic acids is 3. The molecule has 2 aromatic rings. The zero-order valence-electron chi connectivity index (χ0n) is 29.9. The molecule has 0 bridgehead atoms. The van der Waals surface area contributed by atoms with E-state index in [1.807, 2.05) is 18.2 Å². The average molecular weight is 751 g/mol. The fourth-order valence-electron chi connectivity index (χ4n) is 10.1. The highest BCUT2D eigenvalue weighted by Crippen LogP contribution is 2.72. The normalized spacial score (nSPS) is 37.0. The van der Waals surface area contributed by atoms with E-state index in [1.165, 1.54) is 19.1 Å². The molecule has 0 aromatic heterocycles. The minimum absolute atomic E-state index is 0.0355. The highest BCUT2D eigenvalue weighted by Gasteiger charge is 2.80. The second-order valence-corrected chi connectivity index (χ2v) is 15.8. The van der Waals surface area contributed by atoms with E-state index in [1.54, 1.807) is 31.2 Å². The lowest BCUT2D eigenvalue weighted by atomic mass is 9.44. The zero-order valence-corrected chi connectivity index (χ0v) is 29.9. The van der Waals surface area contributed by atoms with Gasteiger partial charge >= 0.3 is 11.9 Å². The molecule has 3 saturated carbocycles. The van der Waals surface area contributed by atoms with Gasteiger partial charge in [-0.05, 0) is 73.4 Å². The van der Waals surface area contributed by atoms with Crippen LogP contribution >= 0.6 is 0 Å². The van der Waals surface area contributed by atoms with Crippen molar-refractivity contribution in [3.63, 3.8) is 0 Å². The van der Waals surface area contributed by atoms with E-state index in [0.717, 1.165) is 17.2 Å². The molecule has 14 heteroatoms. The fraction of sp³-hybridized carbons (Fsp3) is 0.500. The van der Waals surface area contributed by atoms with Gasteiger partial charge in [-0.25, -0.2) is 8.78 Å². The summed E-state index contributed by atoms with van der Waals surface area (Å²) in [5.74, 6) is -5.58. The number of benzene rings is 2. The number of Topliss-reactive ketones (excluding diaryl/α,β-unsaturated/α-hetero) is 1. The lowest BCUT2D eigenvalue weighted by Crippen LogP contribution is -2.70. The van der Waals surface area contributed by atoms with E-state index in [-0.39, 0.29) is 31.4 Å². The van der Waals surface area contributed by atoms with E-state index in [9.17, 15) is 29.4 Å². The number of alkyl halides is 2. The number of aliphatic hydroxyl groups is 2. The van der Waals surface area contributed by atoms with Crippen LogP contribution in [-0.2, 0) is 46.4 Å². The molecule has 288 valence electrons. The van der Waals surface area contributed by atoms with Gasteiger partial charge in [-0.2, -0.15) is 0 Å². The Hall–Kier alpha value is -4.34. The molecule has 12 nitrogen and oxygen atoms in total. The molecule has 4 aliphatic carbocycles. The monoisotopic (exact) mass is 750 g/mol. The van der Waals surface area contributed by atoms with Crippen molar-refractivity contribution in [2.24, 2.45) is 28.4 Å². The maximum absolute atomic E-state index is 17.8. The van der Waals surface area contributed by atoms with Crippen molar-refractivity contribution in [1.29, 1.82) is 0 Å². The Kier molecular flexibility index (Phi) is 9.45. The summed E-state index contributed by atoms with van der Waals surface area (Å²) in [5.41, 5.74) is 7.86. The van der Waals surface area contributed by atoms with E-state index < -0.39 is 101 Å². The first-order valence-corrected chi connectivity index (χ1v) is 18.0. The third-order valence-electron chi connectivity index (χ3n) is 12.9. The summed E-state index contributed by atoms with van der Waals surface area (Å²) < 4.78 is 52.3. The van der Waals surface area contributed by atoms with Crippen LogP contribution in [0.3, 0.4) is 0 Å². The second kappa shape index (κ2) is 13.4. The van der Waals surface area contributed by atoms with Crippen molar-refractivity contribution in [3.05, 3.63) is 88.5 Å². The number of allylic oxidation sites excluding steroid dienone is 4. The molecule has 0 spiro atoms. The first-order chi connectivity index (χ1) is 25.5. The molecule has 11 atom stereocenters. The smallest absolute Gasteiger partial charge is 0.323 e. The van der Waals surface area contributed by atoms with Crippen molar-refractivity contribution in [2.45, 2.75) is 94.5 Å². The largest absolute Gasteiger partial charge is 0.481 e. The van der Waals surface area contributed by atoms with Crippen LogP contribution in [0.15, 0.2) is 66.3 Å². The molecule has 0 amide bonds. The minimum atomic E-state index is -2.42. The number of halogens is 2. The van der Waals surface area contributed by atoms with Gasteiger partial charge in [-0.1, -0.05) is 49.4 Å². The number of aliphatic carboxylic acids is 1. The average Bonchev–Trinajstić information content (AvgIpc) is 3.62. The number of anilines is 1. The van der Waals surface area contributed by atoms with E-state index in [0.29, 0.717) is 23.2 Å². The Morgan fingerprint density at radius 2 is 1.78 bits per heavy atom. The van der Waals surface area contributed by atoms with Crippen LogP contribution in [0.5, 0.6) is 0 Å². The molecule has 54 heavy (non-hydrogen) atoms. The predicted octanol–water partition coefficient (Wildman–Crippen LogP) is 3.35. The van der Waals surface area contributed by atoms with Gasteiger partial charge in [0.05, 0.1) is 25.2 Å². The maximum atomic E-state index is 17.8. The first-order valence-electron chi connectivity index (χ1n) is 18.0. The SMILES string of the molecule is C[C@]12C=CC(=O)C=C1[C@@H](F)C[C@H]1[C@@H]3C[C@H]4O[C@@H](c5ccc(Cc6ccc(CO)c(N)c6)cc5)O[C@@]4(C(=O)COC(=O)[C@@H](N)CC(=O)O)[C@@]3(C)C[C@H](O)[C@@]12F. The highest BCUT2D eigenvalue weighted by molar-refractivity contribution is 6.01. The third kappa shape index (κ3) is 5.64. The number of nitrogens with two attached hydrogens (primary N) is 2. The van der Waals surface area contributed by atoms with E-state index in [4.69, 9.17) is 30.8 Å². The number of aliphatic hydroxyl groups excluding tert-OH is 2. The molecule has 1 heterocycles. The van der Waals surface area contributed by atoms with Crippen LogP contribution in [0, 0.1) is 22.7 Å². The molecule has 7 rings (SSSR count). The molecule has 5 aliphatic rings. The molecular formula is C40H44F2N2O10. The van der Waals surface area contributed by atoms with Gasteiger partial charge in [0.1, 0.15) is 12.2 Å². The first kappa shape index (κ1) is 38.0. The minimum Gasteiger partial charge on any atom is -0.481 e. The van der Waals surface area contributed by atoms with Crippen molar-refractivity contribution in [1.82, 2.24) is 0 Å². The molecule has 7 N–H and O–H groups in total. The van der Waals surface area contributed by atoms with E-state index in [2.05, 4.69) is 0 Å². The Morgan fingerprint density at radius 1 is 1.07 bits per heavy atom. The van der Waals surface area contributed by atoms with Gasteiger partial charge < -0.3 is 41.0 Å². The summed E-state index contributed by atoms with van der Waals surface area (Å²) in [7, 11) is 0. The molecule has 2 aromatic carbocycles.